The molecule has 2 aromatic carbocycles. The Hall–Kier alpha value is -3.08. The van der Waals surface area contributed by atoms with Gasteiger partial charge < -0.3 is 4.57 Å². The molecule has 1 aliphatic heterocycles. The van der Waals surface area contributed by atoms with Gasteiger partial charge in [0.2, 0.25) is 0 Å². The quantitative estimate of drug-likeness (QED) is 0.587. The van der Waals surface area contributed by atoms with E-state index in [9.17, 15) is 4.39 Å². The lowest BCUT2D eigenvalue weighted by Crippen LogP contribution is -1.96. The number of fused-ring (bicyclic) bond motifs is 1. The standard InChI is InChI=1S/C21H19FN4/c1-3-24-18-13-15(8-11-17(18)23-2)21-20(14-6-9-16(22)10-7-14)25-19-5-4-12-26(19)21/h3,6-11,13H,2,4-5,12H2,1H3/b24-3-. The van der Waals surface area contributed by atoms with Gasteiger partial charge in [0.15, 0.2) is 0 Å². The summed E-state index contributed by atoms with van der Waals surface area (Å²) in [6.45, 7) is 6.43. The summed E-state index contributed by atoms with van der Waals surface area (Å²) in [4.78, 5) is 13.3. The molecule has 0 N–H and O–H groups in total. The molecular weight excluding hydrogens is 327 g/mol. The maximum atomic E-state index is 13.4. The van der Waals surface area contributed by atoms with Crippen LogP contribution in [-0.2, 0) is 13.0 Å². The second-order valence-electron chi connectivity index (χ2n) is 6.24. The lowest BCUT2D eigenvalue weighted by atomic mass is 10.0. The summed E-state index contributed by atoms with van der Waals surface area (Å²) in [6.07, 6.45) is 3.79. The Kier molecular flexibility index (Phi) is 4.21. The molecule has 26 heavy (non-hydrogen) atoms. The molecule has 0 atom stereocenters. The molecule has 0 spiro atoms. The summed E-state index contributed by atoms with van der Waals surface area (Å²) in [6, 6.07) is 12.5. The Morgan fingerprint density at radius 3 is 2.62 bits per heavy atom. The minimum absolute atomic E-state index is 0.247. The van der Waals surface area contributed by atoms with Crippen LogP contribution in [0, 0.1) is 5.82 Å². The molecule has 0 radical (unpaired) electrons. The predicted molar refractivity (Wildman–Crippen MR) is 104 cm³/mol. The number of benzene rings is 2. The van der Waals surface area contributed by atoms with Crippen LogP contribution in [0.1, 0.15) is 19.2 Å². The highest BCUT2D eigenvalue weighted by Gasteiger charge is 2.23. The highest BCUT2D eigenvalue weighted by molar-refractivity contribution is 5.83. The van der Waals surface area contributed by atoms with Crippen molar-refractivity contribution in [3.63, 3.8) is 0 Å². The molecule has 2 heterocycles. The Morgan fingerprint density at radius 2 is 1.88 bits per heavy atom. The average Bonchev–Trinajstić information content (AvgIpc) is 3.23. The predicted octanol–water partition coefficient (Wildman–Crippen LogP) is 5.36. The number of aryl methyl sites for hydroxylation is 1. The van der Waals surface area contributed by atoms with Crippen molar-refractivity contribution in [1.82, 2.24) is 9.55 Å². The maximum Gasteiger partial charge on any atom is 0.123 e. The third-order valence-corrected chi connectivity index (χ3v) is 4.63. The Morgan fingerprint density at radius 1 is 1.12 bits per heavy atom. The van der Waals surface area contributed by atoms with E-state index < -0.39 is 0 Å². The molecule has 0 saturated heterocycles. The fourth-order valence-corrected chi connectivity index (χ4v) is 3.47. The number of aromatic nitrogens is 2. The normalized spacial score (nSPS) is 13.3. The monoisotopic (exact) mass is 346 g/mol. The molecule has 1 aromatic heterocycles. The van der Waals surface area contributed by atoms with Gasteiger partial charge in [-0.05, 0) is 56.5 Å². The molecule has 1 aliphatic rings. The summed E-state index contributed by atoms with van der Waals surface area (Å²) in [5.41, 5.74) is 5.39. The summed E-state index contributed by atoms with van der Waals surface area (Å²) in [7, 11) is 0. The summed E-state index contributed by atoms with van der Waals surface area (Å²) in [5.74, 6) is 0.828. The number of hydrogen-bond donors (Lipinski definition) is 0. The number of nitrogens with zero attached hydrogens (tertiary/aromatic N) is 4. The molecule has 0 saturated carbocycles. The van der Waals surface area contributed by atoms with Crippen LogP contribution >= 0.6 is 0 Å². The van der Waals surface area contributed by atoms with Crippen molar-refractivity contribution in [3.05, 3.63) is 54.1 Å². The molecule has 130 valence electrons. The van der Waals surface area contributed by atoms with Gasteiger partial charge in [-0.25, -0.2) is 9.37 Å². The maximum absolute atomic E-state index is 13.4. The molecule has 4 nitrogen and oxygen atoms in total. The number of imidazole rings is 1. The molecule has 5 heteroatoms. The highest BCUT2D eigenvalue weighted by atomic mass is 19.1. The van der Waals surface area contributed by atoms with Crippen molar-refractivity contribution in [2.75, 3.05) is 0 Å². The minimum Gasteiger partial charge on any atom is -0.327 e. The van der Waals surface area contributed by atoms with E-state index in [1.54, 1.807) is 18.3 Å². The van der Waals surface area contributed by atoms with Crippen LogP contribution in [0.3, 0.4) is 0 Å². The van der Waals surface area contributed by atoms with E-state index in [-0.39, 0.29) is 5.82 Å². The fourth-order valence-electron chi connectivity index (χ4n) is 3.47. The third kappa shape index (κ3) is 2.75. The van der Waals surface area contributed by atoms with E-state index >= 15 is 0 Å². The largest absolute Gasteiger partial charge is 0.327 e. The van der Waals surface area contributed by atoms with Crippen LogP contribution in [0.5, 0.6) is 0 Å². The second kappa shape index (κ2) is 6.67. The zero-order valence-corrected chi connectivity index (χ0v) is 14.6. The summed E-state index contributed by atoms with van der Waals surface area (Å²) < 4.78 is 15.6. The van der Waals surface area contributed by atoms with Crippen LogP contribution in [0.25, 0.3) is 22.5 Å². The summed E-state index contributed by atoms with van der Waals surface area (Å²) in [5, 5.41) is 0. The van der Waals surface area contributed by atoms with E-state index in [1.165, 1.54) is 12.1 Å². The van der Waals surface area contributed by atoms with Gasteiger partial charge in [-0.15, -0.1) is 0 Å². The minimum atomic E-state index is -0.247. The third-order valence-electron chi connectivity index (χ3n) is 4.63. The molecule has 3 aromatic rings. The van der Waals surface area contributed by atoms with Crippen LogP contribution in [0.4, 0.5) is 15.8 Å². The highest BCUT2D eigenvalue weighted by Crippen LogP contribution is 2.39. The smallest absolute Gasteiger partial charge is 0.123 e. The zero-order valence-electron chi connectivity index (χ0n) is 14.6. The molecule has 0 amide bonds. The van der Waals surface area contributed by atoms with Crippen molar-refractivity contribution in [1.29, 1.82) is 0 Å². The lowest BCUT2D eigenvalue weighted by Gasteiger charge is -2.10. The van der Waals surface area contributed by atoms with E-state index in [1.807, 2.05) is 25.1 Å². The van der Waals surface area contributed by atoms with Gasteiger partial charge in [0.05, 0.1) is 22.8 Å². The van der Waals surface area contributed by atoms with Crippen molar-refractivity contribution in [2.45, 2.75) is 26.3 Å². The van der Waals surface area contributed by atoms with Crippen LogP contribution in [0.2, 0.25) is 0 Å². The number of rotatable bonds is 4. The van der Waals surface area contributed by atoms with E-state index in [0.29, 0.717) is 0 Å². The van der Waals surface area contributed by atoms with E-state index in [4.69, 9.17) is 4.98 Å². The van der Waals surface area contributed by atoms with Crippen molar-refractivity contribution in [2.24, 2.45) is 9.98 Å². The first-order valence-electron chi connectivity index (χ1n) is 8.66. The SMILES string of the molecule is C=Nc1ccc(-c2c(-c3ccc(F)cc3)nc3n2CCC3)cc1/N=C\C. The van der Waals surface area contributed by atoms with Crippen molar-refractivity contribution in [3.8, 4) is 22.5 Å². The number of aliphatic imine (C=N–C) groups is 2. The van der Waals surface area contributed by atoms with Crippen molar-refractivity contribution < 1.29 is 4.39 Å². The fraction of sp³-hybridized carbons (Fsp3) is 0.190. The molecule has 0 bridgehead atoms. The lowest BCUT2D eigenvalue weighted by molar-refractivity contribution is 0.628. The van der Waals surface area contributed by atoms with Gasteiger partial charge >= 0.3 is 0 Å². The van der Waals surface area contributed by atoms with Gasteiger partial charge in [0.1, 0.15) is 11.6 Å². The number of hydrogen-bond acceptors (Lipinski definition) is 3. The van der Waals surface area contributed by atoms with Gasteiger partial charge in [0, 0.05) is 30.3 Å². The average molecular weight is 346 g/mol. The van der Waals surface area contributed by atoms with Crippen LogP contribution in [0.15, 0.2) is 52.4 Å². The van der Waals surface area contributed by atoms with E-state index in [2.05, 4.69) is 21.3 Å². The van der Waals surface area contributed by atoms with Gasteiger partial charge in [0.25, 0.3) is 0 Å². The number of halogens is 1. The molecule has 0 unspecified atom stereocenters. The van der Waals surface area contributed by atoms with Gasteiger partial charge in [-0.1, -0.05) is 6.07 Å². The first-order valence-corrected chi connectivity index (χ1v) is 8.66. The van der Waals surface area contributed by atoms with Crippen LogP contribution < -0.4 is 0 Å². The molecular formula is C21H19FN4. The first kappa shape index (κ1) is 16.4. The second-order valence-corrected chi connectivity index (χ2v) is 6.24. The Balaban J connectivity index is 1.92. The zero-order chi connectivity index (χ0) is 18.1. The molecule has 4 rings (SSSR count). The first-order chi connectivity index (χ1) is 12.7. The van der Waals surface area contributed by atoms with Gasteiger partial charge in [-0.2, -0.15) is 0 Å². The Bertz CT molecular complexity index is 1000. The van der Waals surface area contributed by atoms with E-state index in [0.717, 1.165) is 59.1 Å². The summed E-state index contributed by atoms with van der Waals surface area (Å²) >= 11 is 0. The van der Waals surface area contributed by atoms with Crippen LogP contribution in [-0.4, -0.2) is 22.5 Å². The van der Waals surface area contributed by atoms with Gasteiger partial charge in [-0.3, -0.25) is 9.98 Å². The molecule has 0 fully saturated rings. The Labute approximate surface area is 151 Å². The topological polar surface area (TPSA) is 42.5 Å². The molecule has 0 aliphatic carbocycles. The van der Waals surface area contributed by atoms with Crippen molar-refractivity contribution >= 4 is 24.3 Å².